The van der Waals surface area contributed by atoms with Crippen molar-refractivity contribution in [2.45, 2.75) is 31.7 Å². The number of H-pyrrole nitrogens is 1. The smallest absolute Gasteiger partial charge is 0.230 e. The fourth-order valence-corrected chi connectivity index (χ4v) is 3.75. The van der Waals surface area contributed by atoms with Crippen LogP contribution in [0.4, 0.5) is 0 Å². The molecule has 0 spiro atoms. The fraction of sp³-hybridized carbons (Fsp3) is 0.421. The molecule has 1 aliphatic rings. The van der Waals surface area contributed by atoms with Crippen molar-refractivity contribution >= 4 is 10.9 Å². The van der Waals surface area contributed by atoms with E-state index in [1.165, 1.54) is 5.69 Å². The molecule has 1 unspecified atom stereocenters. The average molecular weight is 378 g/mol. The van der Waals surface area contributed by atoms with Gasteiger partial charge in [0, 0.05) is 24.3 Å². The summed E-state index contributed by atoms with van der Waals surface area (Å²) >= 11 is 0. The van der Waals surface area contributed by atoms with E-state index in [0.29, 0.717) is 11.7 Å². The van der Waals surface area contributed by atoms with Crippen molar-refractivity contribution in [3.63, 3.8) is 0 Å². The summed E-state index contributed by atoms with van der Waals surface area (Å²) in [6.07, 6.45) is 2.63. The number of nitrogens with zero attached hydrogens (tertiary/aromatic N) is 7. The maximum absolute atomic E-state index is 5.63. The number of rotatable bonds is 5. The fourth-order valence-electron chi connectivity index (χ4n) is 3.75. The van der Waals surface area contributed by atoms with Crippen LogP contribution in [0.1, 0.15) is 29.6 Å². The van der Waals surface area contributed by atoms with Gasteiger partial charge in [-0.05, 0) is 33.0 Å². The molecule has 3 aromatic heterocycles. The van der Waals surface area contributed by atoms with Crippen LogP contribution in [0.15, 0.2) is 28.8 Å². The summed E-state index contributed by atoms with van der Waals surface area (Å²) in [5.41, 5.74) is 3.96. The molecule has 0 saturated carbocycles. The van der Waals surface area contributed by atoms with Gasteiger partial charge in [0.15, 0.2) is 0 Å². The van der Waals surface area contributed by atoms with Crippen molar-refractivity contribution in [2.75, 3.05) is 20.6 Å². The predicted octanol–water partition coefficient (Wildman–Crippen LogP) is 2.04. The Morgan fingerprint density at radius 2 is 2.18 bits per heavy atom. The molecule has 28 heavy (non-hydrogen) atoms. The van der Waals surface area contributed by atoms with Gasteiger partial charge in [-0.15, -0.1) is 5.10 Å². The monoisotopic (exact) mass is 378 g/mol. The molecular formula is C19H22N8O. The molecule has 1 atom stereocenters. The minimum Gasteiger partial charge on any atom is -0.339 e. The standard InChI is InChI=1S/C19H22N8O/c1-26(2)9-10-27-16-11-12(7-8-15(16)22-25-27)19-20-18(24-28-19)17-13-5-3-4-6-14(13)21-23-17/h3-6,12H,7-11H2,1-2H3,(H,21,23). The number of hydrogen-bond acceptors (Lipinski definition) is 7. The lowest BCUT2D eigenvalue weighted by molar-refractivity contribution is 0.333. The first kappa shape index (κ1) is 17.1. The average Bonchev–Trinajstić information content (AvgIpc) is 3.43. The lowest BCUT2D eigenvalue weighted by atomic mass is 9.89. The number of para-hydroxylation sites is 1. The van der Waals surface area contributed by atoms with Crippen LogP contribution in [0.5, 0.6) is 0 Å². The van der Waals surface area contributed by atoms with E-state index in [1.54, 1.807) is 0 Å². The third kappa shape index (κ3) is 2.97. The zero-order chi connectivity index (χ0) is 19.1. The van der Waals surface area contributed by atoms with Gasteiger partial charge in [0.05, 0.1) is 23.4 Å². The van der Waals surface area contributed by atoms with Gasteiger partial charge in [-0.1, -0.05) is 28.6 Å². The molecule has 5 rings (SSSR count). The normalized spacial score (nSPS) is 16.8. The van der Waals surface area contributed by atoms with Gasteiger partial charge in [-0.2, -0.15) is 10.1 Å². The van der Waals surface area contributed by atoms with Gasteiger partial charge in [0.1, 0.15) is 5.69 Å². The Morgan fingerprint density at radius 3 is 3.07 bits per heavy atom. The van der Waals surface area contributed by atoms with Crippen LogP contribution in [0, 0.1) is 0 Å². The maximum Gasteiger partial charge on any atom is 0.230 e. The minimum absolute atomic E-state index is 0.176. The second-order valence-corrected chi connectivity index (χ2v) is 7.52. The molecule has 3 heterocycles. The van der Waals surface area contributed by atoms with E-state index in [0.717, 1.165) is 54.6 Å². The van der Waals surface area contributed by atoms with Gasteiger partial charge < -0.3 is 9.42 Å². The number of fused-ring (bicyclic) bond motifs is 2. The topological polar surface area (TPSA) is 102 Å². The van der Waals surface area contributed by atoms with Gasteiger partial charge in [-0.25, -0.2) is 4.68 Å². The number of aryl methyl sites for hydroxylation is 1. The van der Waals surface area contributed by atoms with E-state index >= 15 is 0 Å². The molecule has 9 heteroatoms. The van der Waals surface area contributed by atoms with Crippen molar-refractivity contribution < 1.29 is 4.52 Å². The van der Waals surface area contributed by atoms with Gasteiger partial charge in [-0.3, -0.25) is 5.10 Å². The van der Waals surface area contributed by atoms with Crippen LogP contribution in [-0.2, 0) is 19.4 Å². The molecule has 1 N–H and O–H groups in total. The molecule has 0 aliphatic heterocycles. The van der Waals surface area contributed by atoms with E-state index in [4.69, 9.17) is 4.52 Å². The number of aromatic nitrogens is 7. The molecule has 0 amide bonds. The first-order valence-electron chi connectivity index (χ1n) is 9.52. The first-order chi connectivity index (χ1) is 13.7. The number of benzene rings is 1. The quantitative estimate of drug-likeness (QED) is 0.567. The summed E-state index contributed by atoms with van der Waals surface area (Å²) in [5, 5.41) is 21.3. The highest BCUT2D eigenvalue weighted by atomic mass is 16.5. The zero-order valence-electron chi connectivity index (χ0n) is 16.0. The summed E-state index contributed by atoms with van der Waals surface area (Å²) in [6, 6.07) is 7.94. The van der Waals surface area contributed by atoms with E-state index in [-0.39, 0.29) is 5.92 Å². The minimum atomic E-state index is 0.176. The van der Waals surface area contributed by atoms with Crippen LogP contribution in [0.2, 0.25) is 0 Å². The van der Waals surface area contributed by atoms with Gasteiger partial charge >= 0.3 is 0 Å². The first-order valence-corrected chi connectivity index (χ1v) is 9.52. The third-order valence-corrected chi connectivity index (χ3v) is 5.32. The highest BCUT2D eigenvalue weighted by Crippen LogP contribution is 2.32. The van der Waals surface area contributed by atoms with Crippen molar-refractivity contribution in [2.24, 2.45) is 0 Å². The van der Waals surface area contributed by atoms with E-state index in [2.05, 4.69) is 49.6 Å². The lowest BCUT2D eigenvalue weighted by Crippen LogP contribution is -2.22. The lowest BCUT2D eigenvalue weighted by Gasteiger charge is -2.19. The van der Waals surface area contributed by atoms with Crippen molar-refractivity contribution in [1.82, 2.24) is 40.2 Å². The third-order valence-electron chi connectivity index (χ3n) is 5.32. The summed E-state index contributed by atoms with van der Waals surface area (Å²) < 4.78 is 7.65. The molecule has 9 nitrogen and oxygen atoms in total. The van der Waals surface area contributed by atoms with Crippen molar-refractivity contribution in [1.29, 1.82) is 0 Å². The van der Waals surface area contributed by atoms with Gasteiger partial charge in [0.25, 0.3) is 0 Å². The Kier molecular flexibility index (Phi) is 4.16. The summed E-state index contributed by atoms with van der Waals surface area (Å²) in [5.74, 6) is 1.36. The van der Waals surface area contributed by atoms with Crippen LogP contribution in [-0.4, -0.2) is 60.9 Å². The Bertz CT molecular complexity index is 1110. The molecule has 1 aliphatic carbocycles. The summed E-state index contributed by atoms with van der Waals surface area (Å²) in [4.78, 5) is 6.81. The van der Waals surface area contributed by atoms with E-state index in [9.17, 15) is 0 Å². The van der Waals surface area contributed by atoms with E-state index in [1.807, 2.05) is 28.9 Å². The number of hydrogen-bond donors (Lipinski definition) is 1. The Hall–Kier alpha value is -3.07. The zero-order valence-corrected chi connectivity index (χ0v) is 16.0. The Labute approximate surface area is 161 Å². The number of aromatic amines is 1. The largest absolute Gasteiger partial charge is 0.339 e. The molecule has 0 saturated heterocycles. The molecular weight excluding hydrogens is 356 g/mol. The van der Waals surface area contributed by atoms with Crippen molar-refractivity contribution in [3.8, 4) is 11.5 Å². The van der Waals surface area contributed by atoms with Gasteiger partial charge in [0.2, 0.25) is 11.7 Å². The summed E-state index contributed by atoms with van der Waals surface area (Å²) in [6.45, 7) is 1.76. The van der Waals surface area contributed by atoms with Crippen LogP contribution >= 0.6 is 0 Å². The van der Waals surface area contributed by atoms with Crippen LogP contribution in [0.3, 0.4) is 0 Å². The highest BCUT2D eigenvalue weighted by Gasteiger charge is 2.29. The number of likely N-dealkylation sites (N-methyl/N-ethyl adjacent to an activating group) is 1. The molecule has 0 fully saturated rings. The molecule has 0 bridgehead atoms. The molecule has 1 aromatic carbocycles. The molecule has 0 radical (unpaired) electrons. The Balaban J connectivity index is 1.39. The molecule has 144 valence electrons. The van der Waals surface area contributed by atoms with Crippen LogP contribution in [0.25, 0.3) is 22.4 Å². The SMILES string of the molecule is CN(C)CCn1nnc2c1CC(c1nc(-c3n[nH]c4ccccc34)no1)CC2. The van der Waals surface area contributed by atoms with Crippen molar-refractivity contribution in [3.05, 3.63) is 41.5 Å². The second kappa shape index (κ2) is 6.83. The Morgan fingerprint density at radius 1 is 1.29 bits per heavy atom. The summed E-state index contributed by atoms with van der Waals surface area (Å²) in [7, 11) is 4.12. The maximum atomic E-state index is 5.63. The van der Waals surface area contributed by atoms with Crippen LogP contribution < -0.4 is 0 Å². The number of nitrogens with one attached hydrogen (secondary N) is 1. The highest BCUT2D eigenvalue weighted by molar-refractivity contribution is 5.90. The predicted molar refractivity (Wildman–Crippen MR) is 103 cm³/mol. The van der Waals surface area contributed by atoms with E-state index < -0.39 is 0 Å². The molecule has 4 aromatic rings. The second-order valence-electron chi connectivity index (χ2n) is 7.52.